The monoisotopic (exact) mass is 268 g/mol. The number of ether oxygens (including phenoxy) is 1. The summed E-state index contributed by atoms with van der Waals surface area (Å²) in [6, 6.07) is 0. The highest BCUT2D eigenvalue weighted by atomic mass is 16.5. The molecule has 2 aliphatic rings. The molecule has 2 N–H and O–H groups in total. The van der Waals surface area contributed by atoms with Crippen LogP contribution in [0.3, 0.4) is 0 Å². The molecule has 0 atom stereocenters. The first-order valence-electron chi connectivity index (χ1n) is 7.79. The number of nitrogens with one attached hydrogen (secondary N) is 2. The lowest BCUT2D eigenvalue weighted by Crippen LogP contribution is -2.45. The first-order valence-corrected chi connectivity index (χ1v) is 7.79. The first-order chi connectivity index (χ1) is 9.24. The van der Waals surface area contributed by atoms with E-state index in [1.165, 1.54) is 32.1 Å². The number of carbonyl (C=O) groups is 1. The van der Waals surface area contributed by atoms with Crippen molar-refractivity contribution in [1.29, 1.82) is 0 Å². The molecule has 4 nitrogen and oxygen atoms in total. The maximum Gasteiger partial charge on any atom is 0.233 e. The zero-order valence-corrected chi connectivity index (χ0v) is 12.2. The Labute approximate surface area is 116 Å². The zero-order chi connectivity index (χ0) is 13.6. The molecule has 0 aliphatic heterocycles. The highest BCUT2D eigenvalue weighted by Crippen LogP contribution is 2.43. The van der Waals surface area contributed by atoms with Gasteiger partial charge >= 0.3 is 0 Å². The van der Waals surface area contributed by atoms with Crippen LogP contribution in [0.15, 0.2) is 0 Å². The van der Waals surface area contributed by atoms with E-state index in [1.807, 2.05) is 6.92 Å². The van der Waals surface area contributed by atoms with E-state index in [9.17, 15) is 4.79 Å². The normalized spacial score (nSPS) is 20.9. The smallest absolute Gasteiger partial charge is 0.233 e. The van der Waals surface area contributed by atoms with Gasteiger partial charge in [0.15, 0.2) is 0 Å². The van der Waals surface area contributed by atoms with Gasteiger partial charge in [-0.2, -0.15) is 0 Å². The summed E-state index contributed by atoms with van der Waals surface area (Å²) in [6.07, 6.45) is 7.49. The van der Waals surface area contributed by atoms with Crippen molar-refractivity contribution < 1.29 is 9.53 Å². The average molecular weight is 268 g/mol. The van der Waals surface area contributed by atoms with E-state index in [0.717, 1.165) is 38.6 Å². The van der Waals surface area contributed by atoms with Crippen LogP contribution in [0.4, 0.5) is 0 Å². The fraction of sp³-hybridized carbons (Fsp3) is 0.933. The van der Waals surface area contributed by atoms with Crippen LogP contribution in [0.5, 0.6) is 0 Å². The predicted octanol–water partition coefficient (Wildman–Crippen LogP) is 1.70. The predicted molar refractivity (Wildman–Crippen MR) is 76.0 cm³/mol. The van der Waals surface area contributed by atoms with Gasteiger partial charge in [0.2, 0.25) is 5.91 Å². The van der Waals surface area contributed by atoms with Crippen molar-refractivity contribution in [3.05, 3.63) is 0 Å². The SMILES string of the molecule is CCOCCC1(CNC(=O)CNCC2CC2)CCC1. The summed E-state index contributed by atoms with van der Waals surface area (Å²) in [7, 11) is 0. The lowest BCUT2D eigenvalue weighted by atomic mass is 9.67. The molecule has 2 fully saturated rings. The van der Waals surface area contributed by atoms with Gasteiger partial charge in [-0.05, 0) is 56.9 Å². The van der Waals surface area contributed by atoms with Crippen molar-refractivity contribution in [1.82, 2.24) is 10.6 Å². The molecule has 2 rings (SSSR count). The largest absolute Gasteiger partial charge is 0.382 e. The third-order valence-corrected chi connectivity index (χ3v) is 4.47. The Morgan fingerprint density at radius 1 is 1.37 bits per heavy atom. The van der Waals surface area contributed by atoms with Crippen LogP contribution in [0.2, 0.25) is 0 Å². The van der Waals surface area contributed by atoms with Gasteiger partial charge in [0.25, 0.3) is 0 Å². The van der Waals surface area contributed by atoms with Gasteiger partial charge in [0.1, 0.15) is 0 Å². The molecule has 0 aromatic carbocycles. The summed E-state index contributed by atoms with van der Waals surface area (Å²) in [6.45, 7) is 5.94. The molecular weight excluding hydrogens is 240 g/mol. The Morgan fingerprint density at radius 3 is 2.74 bits per heavy atom. The summed E-state index contributed by atoms with van der Waals surface area (Å²) in [5, 5.41) is 6.32. The number of amides is 1. The van der Waals surface area contributed by atoms with Crippen molar-refractivity contribution in [2.75, 3.05) is 32.8 Å². The van der Waals surface area contributed by atoms with Gasteiger partial charge in [-0.1, -0.05) is 6.42 Å². The minimum Gasteiger partial charge on any atom is -0.382 e. The van der Waals surface area contributed by atoms with Gasteiger partial charge in [0, 0.05) is 19.8 Å². The third-order valence-electron chi connectivity index (χ3n) is 4.47. The van der Waals surface area contributed by atoms with Crippen LogP contribution in [0.1, 0.15) is 45.4 Å². The van der Waals surface area contributed by atoms with Crippen LogP contribution in [0, 0.1) is 11.3 Å². The van der Waals surface area contributed by atoms with Gasteiger partial charge in [-0.3, -0.25) is 4.79 Å². The molecule has 4 heteroatoms. The van der Waals surface area contributed by atoms with Crippen LogP contribution in [0.25, 0.3) is 0 Å². The Morgan fingerprint density at radius 2 is 2.16 bits per heavy atom. The Hall–Kier alpha value is -0.610. The van der Waals surface area contributed by atoms with Crippen LogP contribution >= 0.6 is 0 Å². The molecule has 0 unspecified atom stereocenters. The summed E-state index contributed by atoms with van der Waals surface area (Å²) in [4.78, 5) is 11.8. The lowest BCUT2D eigenvalue weighted by molar-refractivity contribution is -0.121. The number of carbonyl (C=O) groups excluding carboxylic acids is 1. The Bertz CT molecular complexity index is 286. The summed E-state index contributed by atoms with van der Waals surface area (Å²) < 4.78 is 5.44. The second kappa shape index (κ2) is 7.25. The second-order valence-corrected chi connectivity index (χ2v) is 6.15. The fourth-order valence-electron chi connectivity index (χ4n) is 2.69. The van der Waals surface area contributed by atoms with E-state index >= 15 is 0 Å². The molecule has 0 aromatic heterocycles. The van der Waals surface area contributed by atoms with Gasteiger partial charge in [-0.25, -0.2) is 0 Å². The number of rotatable bonds is 10. The fourth-order valence-corrected chi connectivity index (χ4v) is 2.69. The molecule has 0 radical (unpaired) electrons. The zero-order valence-electron chi connectivity index (χ0n) is 12.2. The molecule has 0 heterocycles. The van der Waals surface area contributed by atoms with Gasteiger partial charge < -0.3 is 15.4 Å². The molecule has 0 bridgehead atoms. The molecule has 0 saturated heterocycles. The van der Waals surface area contributed by atoms with Gasteiger partial charge in [-0.15, -0.1) is 0 Å². The van der Waals surface area contributed by atoms with E-state index in [1.54, 1.807) is 0 Å². The van der Waals surface area contributed by atoms with Crippen molar-refractivity contribution in [2.24, 2.45) is 11.3 Å². The van der Waals surface area contributed by atoms with Gasteiger partial charge in [0.05, 0.1) is 6.54 Å². The summed E-state index contributed by atoms with van der Waals surface area (Å²) >= 11 is 0. The standard InChI is InChI=1S/C15H28N2O2/c1-2-19-9-8-15(6-3-7-15)12-17-14(18)11-16-10-13-4-5-13/h13,16H,2-12H2,1H3,(H,17,18). The van der Waals surface area contributed by atoms with Crippen molar-refractivity contribution in [3.63, 3.8) is 0 Å². The van der Waals surface area contributed by atoms with Crippen LogP contribution in [-0.2, 0) is 9.53 Å². The van der Waals surface area contributed by atoms with E-state index < -0.39 is 0 Å². The van der Waals surface area contributed by atoms with Crippen molar-refractivity contribution in [2.45, 2.75) is 45.4 Å². The summed E-state index contributed by atoms with van der Waals surface area (Å²) in [5.41, 5.74) is 0.321. The maximum absolute atomic E-state index is 11.8. The minimum atomic E-state index is 0.142. The quantitative estimate of drug-likeness (QED) is 0.593. The lowest BCUT2D eigenvalue weighted by Gasteiger charge is -2.42. The topological polar surface area (TPSA) is 50.4 Å². The van der Waals surface area contributed by atoms with E-state index in [-0.39, 0.29) is 5.91 Å². The molecule has 19 heavy (non-hydrogen) atoms. The van der Waals surface area contributed by atoms with E-state index in [0.29, 0.717) is 12.0 Å². The number of hydrogen-bond donors (Lipinski definition) is 2. The highest BCUT2D eigenvalue weighted by molar-refractivity contribution is 5.78. The Balaban J connectivity index is 1.57. The van der Waals surface area contributed by atoms with E-state index in [4.69, 9.17) is 4.74 Å². The molecule has 1 amide bonds. The van der Waals surface area contributed by atoms with Crippen LogP contribution < -0.4 is 10.6 Å². The molecular formula is C15H28N2O2. The molecule has 0 spiro atoms. The molecule has 2 saturated carbocycles. The molecule has 110 valence electrons. The molecule has 0 aromatic rings. The Kier molecular flexibility index (Phi) is 5.64. The average Bonchev–Trinajstić information content (AvgIpc) is 3.15. The summed E-state index contributed by atoms with van der Waals surface area (Å²) in [5.74, 6) is 0.973. The maximum atomic E-state index is 11.8. The third kappa shape index (κ3) is 5.11. The minimum absolute atomic E-state index is 0.142. The van der Waals surface area contributed by atoms with Crippen molar-refractivity contribution >= 4 is 5.91 Å². The van der Waals surface area contributed by atoms with Crippen molar-refractivity contribution in [3.8, 4) is 0 Å². The van der Waals surface area contributed by atoms with Crippen LogP contribution in [-0.4, -0.2) is 38.8 Å². The first kappa shape index (κ1) is 14.8. The second-order valence-electron chi connectivity index (χ2n) is 6.15. The highest BCUT2D eigenvalue weighted by Gasteiger charge is 2.36. The number of hydrogen-bond acceptors (Lipinski definition) is 3. The molecule has 2 aliphatic carbocycles. The van der Waals surface area contributed by atoms with E-state index in [2.05, 4.69) is 10.6 Å².